The van der Waals surface area contributed by atoms with E-state index >= 15 is 0 Å². The lowest BCUT2D eigenvalue weighted by Crippen LogP contribution is -2.23. The topological polar surface area (TPSA) is 29.1 Å². The van der Waals surface area contributed by atoms with E-state index < -0.39 is 0 Å². The Balaban J connectivity index is 2.04. The zero-order chi connectivity index (χ0) is 16.1. The van der Waals surface area contributed by atoms with Crippen molar-refractivity contribution in [2.75, 3.05) is 5.32 Å². The highest BCUT2D eigenvalue weighted by molar-refractivity contribution is 8.00. The first kappa shape index (κ1) is 16.9. The molecule has 1 N–H and O–H groups in total. The summed E-state index contributed by atoms with van der Waals surface area (Å²) in [7, 11) is 0. The molecule has 0 radical (unpaired) electrons. The number of para-hydroxylation sites is 1. The summed E-state index contributed by atoms with van der Waals surface area (Å²) in [5.74, 6) is 0.378. The highest BCUT2D eigenvalue weighted by atomic mass is 35.5. The normalized spacial score (nSPS) is 12.2. The Morgan fingerprint density at radius 2 is 1.68 bits per heavy atom. The Bertz CT molecular complexity index is 640. The average molecular weight is 334 g/mol. The SMILES string of the molecule is CC(C)c1ccccc1NC(=O)[C@@H](C)Sc1ccc(Cl)cc1. The van der Waals surface area contributed by atoms with Crippen LogP contribution in [0.2, 0.25) is 5.02 Å². The largest absolute Gasteiger partial charge is 0.325 e. The van der Waals surface area contributed by atoms with Crippen LogP contribution in [0, 0.1) is 0 Å². The molecule has 0 spiro atoms. The number of anilines is 1. The van der Waals surface area contributed by atoms with Crippen molar-refractivity contribution in [1.29, 1.82) is 0 Å². The highest BCUT2D eigenvalue weighted by Gasteiger charge is 2.16. The van der Waals surface area contributed by atoms with Crippen LogP contribution in [0.1, 0.15) is 32.3 Å². The number of amides is 1. The predicted molar refractivity (Wildman–Crippen MR) is 95.9 cm³/mol. The van der Waals surface area contributed by atoms with E-state index in [1.54, 1.807) is 0 Å². The van der Waals surface area contributed by atoms with E-state index in [0.29, 0.717) is 10.9 Å². The van der Waals surface area contributed by atoms with E-state index in [4.69, 9.17) is 11.6 Å². The summed E-state index contributed by atoms with van der Waals surface area (Å²) in [4.78, 5) is 13.4. The minimum atomic E-state index is -0.179. The molecule has 0 saturated carbocycles. The Morgan fingerprint density at radius 3 is 2.32 bits per heavy atom. The van der Waals surface area contributed by atoms with E-state index in [2.05, 4.69) is 25.2 Å². The Kier molecular flexibility index (Phi) is 5.92. The van der Waals surface area contributed by atoms with E-state index in [9.17, 15) is 4.79 Å². The predicted octanol–water partition coefficient (Wildman–Crippen LogP) is 5.58. The zero-order valence-corrected chi connectivity index (χ0v) is 14.5. The quantitative estimate of drug-likeness (QED) is 0.723. The molecule has 2 nitrogen and oxygen atoms in total. The number of hydrogen-bond acceptors (Lipinski definition) is 2. The van der Waals surface area contributed by atoms with Crippen LogP contribution in [0.25, 0.3) is 0 Å². The molecule has 2 rings (SSSR count). The summed E-state index contributed by atoms with van der Waals surface area (Å²) >= 11 is 7.40. The molecule has 22 heavy (non-hydrogen) atoms. The molecule has 0 aromatic heterocycles. The number of nitrogens with one attached hydrogen (secondary N) is 1. The Labute approximate surface area is 141 Å². The summed E-state index contributed by atoms with van der Waals surface area (Å²) in [6.45, 7) is 6.15. The van der Waals surface area contributed by atoms with Gasteiger partial charge in [0.1, 0.15) is 0 Å². The third kappa shape index (κ3) is 4.52. The van der Waals surface area contributed by atoms with Crippen LogP contribution in [0.4, 0.5) is 5.69 Å². The van der Waals surface area contributed by atoms with Crippen LogP contribution in [-0.2, 0) is 4.79 Å². The fourth-order valence-corrected chi connectivity index (χ4v) is 3.11. The number of hydrogen-bond donors (Lipinski definition) is 1. The third-order valence-corrected chi connectivity index (χ3v) is 4.70. The molecule has 1 amide bonds. The highest BCUT2D eigenvalue weighted by Crippen LogP contribution is 2.27. The van der Waals surface area contributed by atoms with Crippen molar-refractivity contribution in [1.82, 2.24) is 0 Å². The molecule has 0 fully saturated rings. The lowest BCUT2D eigenvalue weighted by atomic mass is 10.0. The van der Waals surface area contributed by atoms with Crippen molar-refractivity contribution in [3.63, 3.8) is 0 Å². The first-order chi connectivity index (χ1) is 10.5. The lowest BCUT2D eigenvalue weighted by Gasteiger charge is -2.16. The maximum absolute atomic E-state index is 12.4. The average Bonchev–Trinajstić information content (AvgIpc) is 2.49. The number of halogens is 1. The van der Waals surface area contributed by atoms with Crippen LogP contribution < -0.4 is 5.32 Å². The summed E-state index contributed by atoms with van der Waals surface area (Å²) < 4.78 is 0. The summed E-state index contributed by atoms with van der Waals surface area (Å²) in [6.07, 6.45) is 0. The molecule has 0 aliphatic carbocycles. The fourth-order valence-electron chi connectivity index (χ4n) is 2.12. The monoisotopic (exact) mass is 333 g/mol. The van der Waals surface area contributed by atoms with Crippen molar-refractivity contribution in [2.45, 2.75) is 36.8 Å². The summed E-state index contributed by atoms with van der Waals surface area (Å²) in [6, 6.07) is 15.5. The van der Waals surface area contributed by atoms with Crippen molar-refractivity contribution >= 4 is 35.0 Å². The molecule has 0 heterocycles. The molecular weight excluding hydrogens is 314 g/mol. The molecule has 0 aliphatic rings. The van der Waals surface area contributed by atoms with Crippen molar-refractivity contribution in [3.05, 3.63) is 59.1 Å². The minimum absolute atomic E-state index is 0.00745. The van der Waals surface area contributed by atoms with Crippen molar-refractivity contribution in [2.24, 2.45) is 0 Å². The molecular formula is C18H20ClNOS. The van der Waals surface area contributed by atoms with Gasteiger partial charge in [-0.2, -0.15) is 0 Å². The van der Waals surface area contributed by atoms with Gasteiger partial charge in [-0.15, -0.1) is 11.8 Å². The van der Waals surface area contributed by atoms with Crippen molar-refractivity contribution in [3.8, 4) is 0 Å². The number of carbonyl (C=O) groups excluding carboxylic acids is 1. The second-order valence-electron chi connectivity index (χ2n) is 5.45. The number of carbonyl (C=O) groups is 1. The van der Waals surface area contributed by atoms with Crippen LogP contribution in [0.5, 0.6) is 0 Å². The van der Waals surface area contributed by atoms with Crippen LogP contribution in [0.15, 0.2) is 53.4 Å². The third-order valence-electron chi connectivity index (χ3n) is 3.34. The maximum atomic E-state index is 12.4. The molecule has 2 aromatic carbocycles. The number of benzene rings is 2. The first-order valence-corrected chi connectivity index (χ1v) is 8.55. The lowest BCUT2D eigenvalue weighted by molar-refractivity contribution is -0.115. The number of thioether (sulfide) groups is 1. The van der Waals surface area contributed by atoms with E-state index in [1.165, 1.54) is 11.8 Å². The zero-order valence-electron chi connectivity index (χ0n) is 13.0. The molecule has 4 heteroatoms. The van der Waals surface area contributed by atoms with Gasteiger partial charge in [0.15, 0.2) is 0 Å². The molecule has 0 bridgehead atoms. The van der Waals surface area contributed by atoms with Gasteiger partial charge in [-0.1, -0.05) is 43.6 Å². The van der Waals surface area contributed by atoms with Gasteiger partial charge in [-0.25, -0.2) is 0 Å². The molecule has 1 atom stereocenters. The van der Waals surface area contributed by atoms with Gasteiger partial charge in [0.2, 0.25) is 5.91 Å². The molecule has 2 aromatic rings. The molecule has 0 aliphatic heterocycles. The van der Waals surface area contributed by atoms with Gasteiger partial charge in [0.05, 0.1) is 5.25 Å². The van der Waals surface area contributed by atoms with Crippen LogP contribution in [0.3, 0.4) is 0 Å². The standard InChI is InChI=1S/C18H20ClNOS/c1-12(2)16-6-4-5-7-17(16)20-18(21)13(3)22-15-10-8-14(19)9-11-15/h4-13H,1-3H3,(H,20,21)/t13-/m1/s1. The first-order valence-electron chi connectivity index (χ1n) is 7.29. The van der Waals surface area contributed by atoms with Crippen molar-refractivity contribution < 1.29 is 4.79 Å². The van der Waals surface area contributed by atoms with E-state index in [-0.39, 0.29) is 11.2 Å². The van der Waals surface area contributed by atoms with Gasteiger partial charge >= 0.3 is 0 Å². The van der Waals surface area contributed by atoms with Gasteiger partial charge < -0.3 is 5.32 Å². The van der Waals surface area contributed by atoms with Gasteiger partial charge in [-0.3, -0.25) is 4.79 Å². The van der Waals surface area contributed by atoms with Gasteiger partial charge in [0, 0.05) is 15.6 Å². The Morgan fingerprint density at radius 1 is 1.05 bits per heavy atom. The van der Waals surface area contributed by atoms with Crippen LogP contribution >= 0.6 is 23.4 Å². The van der Waals surface area contributed by atoms with E-state index in [0.717, 1.165) is 16.1 Å². The van der Waals surface area contributed by atoms with E-state index in [1.807, 2.05) is 49.4 Å². The minimum Gasteiger partial charge on any atom is -0.325 e. The molecule has 116 valence electrons. The smallest absolute Gasteiger partial charge is 0.237 e. The fraction of sp³-hybridized carbons (Fsp3) is 0.278. The second-order valence-corrected chi connectivity index (χ2v) is 7.30. The van der Waals surface area contributed by atoms with Crippen LogP contribution in [-0.4, -0.2) is 11.2 Å². The van der Waals surface area contributed by atoms with Gasteiger partial charge in [-0.05, 0) is 48.7 Å². The van der Waals surface area contributed by atoms with Gasteiger partial charge in [0.25, 0.3) is 0 Å². The Hall–Kier alpha value is -1.45. The molecule has 0 saturated heterocycles. The summed E-state index contributed by atoms with van der Waals surface area (Å²) in [5.41, 5.74) is 2.05. The number of rotatable bonds is 5. The molecule has 0 unspecified atom stereocenters. The second kappa shape index (κ2) is 7.70. The maximum Gasteiger partial charge on any atom is 0.237 e. The summed E-state index contributed by atoms with van der Waals surface area (Å²) in [5, 5.41) is 3.56.